The first-order chi connectivity index (χ1) is 9.88. The summed E-state index contributed by atoms with van der Waals surface area (Å²) >= 11 is 0. The van der Waals surface area contributed by atoms with E-state index in [2.05, 4.69) is 5.32 Å². The minimum absolute atomic E-state index is 0.122. The zero-order chi connectivity index (χ0) is 15.6. The van der Waals surface area contributed by atoms with Crippen LogP contribution in [0.2, 0.25) is 0 Å². The summed E-state index contributed by atoms with van der Waals surface area (Å²) in [5, 5.41) is 39.6. The van der Waals surface area contributed by atoms with E-state index in [1.807, 2.05) is 0 Å². The van der Waals surface area contributed by atoms with Gasteiger partial charge in [0.15, 0.2) is 0 Å². The minimum atomic E-state index is -1.22. The van der Waals surface area contributed by atoms with Crippen LogP contribution in [-0.2, 0) is 0 Å². The fourth-order valence-corrected chi connectivity index (χ4v) is 1.66. The lowest BCUT2D eigenvalue weighted by Gasteiger charge is -2.09. The maximum absolute atomic E-state index is 12.0. The molecule has 21 heavy (non-hydrogen) atoms. The van der Waals surface area contributed by atoms with Gasteiger partial charge in [-0.25, -0.2) is 4.79 Å². The fraction of sp³-hybridized carbons (Fsp3) is 0. The number of carbonyl (C=O) groups excluding carboxylic acids is 1. The van der Waals surface area contributed by atoms with Gasteiger partial charge < -0.3 is 25.7 Å². The van der Waals surface area contributed by atoms with Crippen molar-refractivity contribution in [1.82, 2.24) is 0 Å². The van der Waals surface area contributed by atoms with Crippen molar-refractivity contribution in [1.29, 1.82) is 0 Å². The maximum Gasteiger partial charge on any atom is 0.335 e. The molecule has 0 aromatic heterocycles. The van der Waals surface area contributed by atoms with Crippen LogP contribution in [0.1, 0.15) is 20.7 Å². The lowest BCUT2D eigenvalue weighted by Crippen LogP contribution is -2.12. The summed E-state index contributed by atoms with van der Waals surface area (Å²) in [6.45, 7) is 0. The second kappa shape index (κ2) is 5.41. The van der Waals surface area contributed by atoms with Crippen molar-refractivity contribution in [2.45, 2.75) is 0 Å². The first-order valence-electron chi connectivity index (χ1n) is 5.78. The Balaban J connectivity index is 2.33. The van der Waals surface area contributed by atoms with Crippen LogP contribution in [0.3, 0.4) is 0 Å². The number of aromatic hydroxyl groups is 3. The van der Waals surface area contributed by atoms with E-state index >= 15 is 0 Å². The van der Waals surface area contributed by atoms with Crippen LogP contribution in [0.5, 0.6) is 17.2 Å². The Morgan fingerprint density at radius 2 is 1.57 bits per heavy atom. The van der Waals surface area contributed by atoms with E-state index in [1.165, 1.54) is 12.1 Å². The second-order valence-electron chi connectivity index (χ2n) is 4.19. The van der Waals surface area contributed by atoms with Gasteiger partial charge in [0.05, 0.1) is 16.8 Å². The van der Waals surface area contributed by atoms with Crippen molar-refractivity contribution < 1.29 is 30.0 Å². The number of phenolic OH excluding ortho intramolecular Hbond substituents is 3. The van der Waals surface area contributed by atoms with Crippen LogP contribution >= 0.6 is 0 Å². The molecule has 0 saturated carbocycles. The SMILES string of the molecule is O=C(O)c1ccc(O)c(NC(=O)c2cc(O)ccc2O)c1. The Morgan fingerprint density at radius 3 is 2.24 bits per heavy atom. The number of carbonyl (C=O) groups is 2. The molecule has 108 valence electrons. The zero-order valence-corrected chi connectivity index (χ0v) is 10.6. The number of hydrogen-bond donors (Lipinski definition) is 5. The fourth-order valence-electron chi connectivity index (χ4n) is 1.66. The maximum atomic E-state index is 12.0. The summed E-state index contributed by atoms with van der Waals surface area (Å²) in [5.41, 5.74) is -0.457. The number of nitrogens with one attached hydrogen (secondary N) is 1. The quantitative estimate of drug-likeness (QED) is 0.433. The molecule has 0 radical (unpaired) electrons. The predicted octanol–water partition coefficient (Wildman–Crippen LogP) is 1.75. The summed E-state index contributed by atoms with van der Waals surface area (Å²) in [5.74, 6) is -2.93. The van der Waals surface area contributed by atoms with Gasteiger partial charge in [-0.05, 0) is 36.4 Å². The molecule has 0 spiro atoms. The topological polar surface area (TPSA) is 127 Å². The van der Waals surface area contributed by atoms with Crippen LogP contribution in [0, 0.1) is 0 Å². The van der Waals surface area contributed by atoms with Gasteiger partial charge in [0.25, 0.3) is 5.91 Å². The molecule has 2 aromatic rings. The van der Waals surface area contributed by atoms with Crippen LogP contribution in [0.25, 0.3) is 0 Å². The lowest BCUT2D eigenvalue weighted by molar-refractivity contribution is 0.0696. The number of amides is 1. The number of rotatable bonds is 3. The number of carboxylic acids is 1. The molecule has 2 aromatic carbocycles. The van der Waals surface area contributed by atoms with E-state index in [4.69, 9.17) is 5.11 Å². The summed E-state index contributed by atoms with van der Waals surface area (Å²) in [4.78, 5) is 22.8. The summed E-state index contributed by atoms with van der Waals surface area (Å²) in [6.07, 6.45) is 0. The Morgan fingerprint density at radius 1 is 0.905 bits per heavy atom. The van der Waals surface area contributed by atoms with Crippen molar-refractivity contribution in [3.05, 3.63) is 47.5 Å². The van der Waals surface area contributed by atoms with Crippen molar-refractivity contribution in [2.24, 2.45) is 0 Å². The molecular weight excluding hydrogens is 278 g/mol. The van der Waals surface area contributed by atoms with Gasteiger partial charge in [-0.2, -0.15) is 0 Å². The van der Waals surface area contributed by atoms with Gasteiger partial charge in [-0.15, -0.1) is 0 Å². The van der Waals surface area contributed by atoms with Gasteiger partial charge in [0.1, 0.15) is 17.2 Å². The number of anilines is 1. The number of carboxylic acid groups (broad SMARTS) is 1. The molecule has 0 heterocycles. The first-order valence-corrected chi connectivity index (χ1v) is 5.78. The smallest absolute Gasteiger partial charge is 0.335 e. The molecule has 0 aliphatic rings. The van der Waals surface area contributed by atoms with Crippen molar-refractivity contribution in [3.8, 4) is 17.2 Å². The molecule has 2 rings (SSSR count). The van der Waals surface area contributed by atoms with E-state index in [9.17, 15) is 24.9 Å². The Hall–Kier alpha value is -3.22. The van der Waals surface area contributed by atoms with Crippen LogP contribution in [0.4, 0.5) is 5.69 Å². The van der Waals surface area contributed by atoms with E-state index in [1.54, 1.807) is 0 Å². The molecule has 0 fully saturated rings. The average molecular weight is 289 g/mol. The molecule has 0 unspecified atom stereocenters. The highest BCUT2D eigenvalue weighted by Crippen LogP contribution is 2.27. The van der Waals surface area contributed by atoms with Crippen LogP contribution in [0.15, 0.2) is 36.4 Å². The van der Waals surface area contributed by atoms with Crippen molar-refractivity contribution in [2.75, 3.05) is 5.32 Å². The predicted molar refractivity (Wildman–Crippen MR) is 72.8 cm³/mol. The molecule has 0 aliphatic carbocycles. The Bertz CT molecular complexity index is 725. The standard InChI is InChI=1S/C14H11NO6/c16-8-2-4-11(17)9(6-8)13(19)15-10-5-7(14(20)21)1-3-12(10)18/h1-6,16-18H,(H,15,19)(H,20,21). The minimum Gasteiger partial charge on any atom is -0.508 e. The van der Waals surface area contributed by atoms with Gasteiger partial charge >= 0.3 is 5.97 Å². The van der Waals surface area contributed by atoms with Crippen LogP contribution < -0.4 is 5.32 Å². The molecule has 5 N–H and O–H groups in total. The largest absolute Gasteiger partial charge is 0.508 e. The number of benzene rings is 2. The summed E-state index contributed by atoms with van der Waals surface area (Å²) in [7, 11) is 0. The molecule has 0 aliphatic heterocycles. The third kappa shape index (κ3) is 3.03. The highest BCUT2D eigenvalue weighted by Gasteiger charge is 2.15. The number of hydrogen-bond acceptors (Lipinski definition) is 5. The van der Waals surface area contributed by atoms with E-state index in [-0.39, 0.29) is 34.1 Å². The normalized spacial score (nSPS) is 10.1. The van der Waals surface area contributed by atoms with Gasteiger partial charge in [0, 0.05) is 0 Å². The Kier molecular flexibility index (Phi) is 3.66. The number of phenols is 3. The third-order valence-electron chi connectivity index (χ3n) is 2.72. The highest BCUT2D eigenvalue weighted by atomic mass is 16.4. The molecule has 0 saturated heterocycles. The molecule has 7 nitrogen and oxygen atoms in total. The summed E-state index contributed by atoms with van der Waals surface area (Å²) in [6, 6.07) is 6.77. The zero-order valence-electron chi connectivity index (χ0n) is 10.6. The third-order valence-corrected chi connectivity index (χ3v) is 2.72. The molecule has 7 heteroatoms. The van der Waals surface area contributed by atoms with Crippen molar-refractivity contribution >= 4 is 17.6 Å². The lowest BCUT2D eigenvalue weighted by atomic mass is 10.1. The highest BCUT2D eigenvalue weighted by molar-refractivity contribution is 6.07. The van der Waals surface area contributed by atoms with E-state index in [0.29, 0.717) is 0 Å². The van der Waals surface area contributed by atoms with Crippen molar-refractivity contribution in [3.63, 3.8) is 0 Å². The first kappa shape index (κ1) is 14.2. The van der Waals surface area contributed by atoms with Gasteiger partial charge in [0.2, 0.25) is 0 Å². The molecular formula is C14H11NO6. The molecule has 1 amide bonds. The number of aromatic carboxylic acids is 1. The van der Waals surface area contributed by atoms with Gasteiger partial charge in [-0.1, -0.05) is 0 Å². The second-order valence-corrected chi connectivity index (χ2v) is 4.19. The Labute approximate surface area is 118 Å². The average Bonchev–Trinajstić information content (AvgIpc) is 2.43. The monoisotopic (exact) mass is 289 g/mol. The van der Waals surface area contributed by atoms with Crippen LogP contribution in [-0.4, -0.2) is 32.3 Å². The molecule has 0 atom stereocenters. The van der Waals surface area contributed by atoms with E-state index < -0.39 is 11.9 Å². The molecule has 0 bridgehead atoms. The van der Waals surface area contributed by atoms with Gasteiger partial charge in [-0.3, -0.25) is 4.79 Å². The summed E-state index contributed by atoms with van der Waals surface area (Å²) < 4.78 is 0. The van der Waals surface area contributed by atoms with E-state index in [0.717, 1.165) is 24.3 Å².